The molecule has 0 saturated carbocycles. The zero-order valence-corrected chi connectivity index (χ0v) is 16.0. The molecule has 2 aromatic carbocycles. The summed E-state index contributed by atoms with van der Waals surface area (Å²) in [6, 6.07) is 17.9. The molecule has 0 radical (unpaired) electrons. The Morgan fingerprint density at radius 3 is 2.48 bits per heavy atom. The Hall–Kier alpha value is -2.17. The molecule has 4 heteroatoms. The first kappa shape index (κ1) is 19.6. The molecule has 27 heavy (non-hydrogen) atoms. The van der Waals surface area contributed by atoms with Crippen molar-refractivity contribution in [3.8, 4) is 5.75 Å². The minimum Gasteiger partial charge on any atom is -0.490 e. The summed E-state index contributed by atoms with van der Waals surface area (Å²) in [6.07, 6.45) is 2.91. The molecule has 1 aliphatic rings. The Morgan fingerprint density at radius 1 is 1.11 bits per heavy atom. The average molecular weight is 367 g/mol. The molecule has 3 rings (SSSR count). The van der Waals surface area contributed by atoms with E-state index in [4.69, 9.17) is 4.74 Å². The Kier molecular flexibility index (Phi) is 7.02. The fourth-order valence-electron chi connectivity index (χ4n) is 3.74. The molecule has 1 N–H and O–H groups in total. The standard InChI is InChI=1S/C23H29NO3/c1-18(25)22-9-5-6-10-23(22)27-17-21(26)16-24-13-11-20(12-14-24)15-19-7-3-2-4-8-19/h2-10,20-21,26H,11-17H2,1H3/t21-/m0/s1. The number of aliphatic hydroxyl groups excluding tert-OH is 1. The maximum atomic E-state index is 11.6. The van der Waals surface area contributed by atoms with E-state index in [9.17, 15) is 9.90 Å². The molecule has 0 aromatic heterocycles. The lowest BCUT2D eigenvalue weighted by atomic mass is 9.90. The quantitative estimate of drug-likeness (QED) is 0.725. The molecule has 144 valence electrons. The van der Waals surface area contributed by atoms with Crippen molar-refractivity contribution in [1.29, 1.82) is 0 Å². The summed E-state index contributed by atoms with van der Waals surface area (Å²) < 4.78 is 5.70. The molecule has 1 aliphatic heterocycles. The molecular weight excluding hydrogens is 338 g/mol. The van der Waals surface area contributed by atoms with Gasteiger partial charge in [-0.2, -0.15) is 0 Å². The van der Waals surface area contributed by atoms with Gasteiger partial charge in [-0.1, -0.05) is 42.5 Å². The second kappa shape index (κ2) is 9.67. The molecule has 1 heterocycles. The number of hydrogen-bond donors (Lipinski definition) is 1. The van der Waals surface area contributed by atoms with E-state index in [0.717, 1.165) is 38.3 Å². The lowest BCUT2D eigenvalue weighted by molar-refractivity contribution is 0.0546. The molecule has 0 aliphatic carbocycles. The number of carbonyl (C=O) groups is 1. The third kappa shape index (κ3) is 5.91. The summed E-state index contributed by atoms with van der Waals surface area (Å²) in [6.45, 7) is 4.37. The van der Waals surface area contributed by atoms with Crippen LogP contribution in [-0.2, 0) is 6.42 Å². The van der Waals surface area contributed by atoms with Gasteiger partial charge in [0.05, 0.1) is 5.56 Å². The number of hydrogen-bond acceptors (Lipinski definition) is 4. The molecule has 1 saturated heterocycles. The van der Waals surface area contributed by atoms with E-state index in [1.54, 1.807) is 12.1 Å². The van der Waals surface area contributed by atoms with Gasteiger partial charge in [0.25, 0.3) is 0 Å². The van der Waals surface area contributed by atoms with Gasteiger partial charge < -0.3 is 14.7 Å². The monoisotopic (exact) mass is 367 g/mol. The number of ether oxygens (including phenoxy) is 1. The van der Waals surface area contributed by atoms with Crippen molar-refractivity contribution in [2.75, 3.05) is 26.2 Å². The van der Waals surface area contributed by atoms with Crippen LogP contribution >= 0.6 is 0 Å². The van der Waals surface area contributed by atoms with Gasteiger partial charge in [0.2, 0.25) is 0 Å². The second-order valence-corrected chi connectivity index (χ2v) is 7.45. The Balaban J connectivity index is 1.41. The number of ketones is 1. The summed E-state index contributed by atoms with van der Waals surface area (Å²) in [5.41, 5.74) is 1.97. The van der Waals surface area contributed by atoms with Crippen LogP contribution in [0.1, 0.15) is 35.7 Å². The first-order valence-corrected chi connectivity index (χ1v) is 9.79. The summed E-state index contributed by atoms with van der Waals surface area (Å²) in [5, 5.41) is 10.3. The molecule has 0 spiro atoms. The summed E-state index contributed by atoms with van der Waals surface area (Å²) in [5.74, 6) is 1.24. The van der Waals surface area contributed by atoms with Crippen molar-refractivity contribution in [3.63, 3.8) is 0 Å². The molecular formula is C23H29NO3. The maximum absolute atomic E-state index is 11.6. The number of aliphatic hydroxyl groups is 1. The van der Waals surface area contributed by atoms with Crippen molar-refractivity contribution in [2.45, 2.75) is 32.3 Å². The van der Waals surface area contributed by atoms with Crippen molar-refractivity contribution in [2.24, 2.45) is 5.92 Å². The van der Waals surface area contributed by atoms with Crippen molar-refractivity contribution in [3.05, 3.63) is 65.7 Å². The number of para-hydroxylation sites is 1. The highest BCUT2D eigenvalue weighted by Crippen LogP contribution is 2.22. The molecule has 0 unspecified atom stereocenters. The van der Waals surface area contributed by atoms with E-state index >= 15 is 0 Å². The number of rotatable bonds is 8. The van der Waals surface area contributed by atoms with Gasteiger partial charge in [0.1, 0.15) is 18.5 Å². The van der Waals surface area contributed by atoms with E-state index in [0.29, 0.717) is 17.9 Å². The number of likely N-dealkylation sites (tertiary alicyclic amines) is 1. The van der Waals surface area contributed by atoms with E-state index in [1.165, 1.54) is 12.5 Å². The molecule has 0 amide bonds. The van der Waals surface area contributed by atoms with Crippen LogP contribution in [0.25, 0.3) is 0 Å². The minimum absolute atomic E-state index is 0.0272. The topological polar surface area (TPSA) is 49.8 Å². The average Bonchev–Trinajstić information content (AvgIpc) is 2.69. The van der Waals surface area contributed by atoms with Gasteiger partial charge in [-0.25, -0.2) is 0 Å². The van der Waals surface area contributed by atoms with Gasteiger partial charge in [0, 0.05) is 6.54 Å². The lowest BCUT2D eigenvalue weighted by Gasteiger charge is -2.33. The van der Waals surface area contributed by atoms with Crippen LogP contribution in [0.2, 0.25) is 0 Å². The molecule has 4 nitrogen and oxygen atoms in total. The van der Waals surface area contributed by atoms with E-state index in [-0.39, 0.29) is 12.4 Å². The summed E-state index contributed by atoms with van der Waals surface area (Å²) in [4.78, 5) is 14.0. The van der Waals surface area contributed by atoms with Crippen LogP contribution in [0.3, 0.4) is 0 Å². The number of carbonyl (C=O) groups excluding carboxylic acids is 1. The summed E-state index contributed by atoms with van der Waals surface area (Å²) >= 11 is 0. The van der Waals surface area contributed by atoms with Gasteiger partial charge in [-0.15, -0.1) is 0 Å². The first-order valence-electron chi connectivity index (χ1n) is 9.79. The fraction of sp³-hybridized carbons (Fsp3) is 0.435. The van der Waals surface area contributed by atoms with Crippen LogP contribution in [-0.4, -0.2) is 48.1 Å². The molecule has 1 atom stereocenters. The number of β-amino-alcohol motifs (C(OH)–C–C–N with tert-alkyl or cyclic N) is 1. The minimum atomic E-state index is -0.560. The second-order valence-electron chi connectivity index (χ2n) is 7.45. The smallest absolute Gasteiger partial charge is 0.163 e. The third-order valence-corrected chi connectivity index (χ3v) is 5.24. The van der Waals surface area contributed by atoms with Gasteiger partial charge in [0.15, 0.2) is 5.78 Å². The maximum Gasteiger partial charge on any atom is 0.163 e. The van der Waals surface area contributed by atoms with Crippen molar-refractivity contribution < 1.29 is 14.6 Å². The molecule has 2 aromatic rings. The van der Waals surface area contributed by atoms with Gasteiger partial charge >= 0.3 is 0 Å². The van der Waals surface area contributed by atoms with Crippen LogP contribution in [0.4, 0.5) is 0 Å². The van der Waals surface area contributed by atoms with Crippen LogP contribution in [0.5, 0.6) is 5.75 Å². The third-order valence-electron chi connectivity index (χ3n) is 5.24. The molecule has 1 fully saturated rings. The number of benzene rings is 2. The fourth-order valence-corrected chi connectivity index (χ4v) is 3.74. The van der Waals surface area contributed by atoms with E-state index < -0.39 is 6.10 Å². The van der Waals surface area contributed by atoms with Crippen molar-refractivity contribution >= 4 is 5.78 Å². The number of nitrogens with zero attached hydrogens (tertiary/aromatic N) is 1. The molecule has 0 bridgehead atoms. The first-order chi connectivity index (χ1) is 13.1. The number of piperidine rings is 1. The van der Waals surface area contributed by atoms with E-state index in [2.05, 4.69) is 35.2 Å². The predicted octanol–water partition coefficient (Wildman–Crippen LogP) is 3.58. The van der Waals surface area contributed by atoms with E-state index in [1.807, 2.05) is 12.1 Å². The van der Waals surface area contributed by atoms with Crippen LogP contribution in [0.15, 0.2) is 54.6 Å². The number of Topliss-reactive ketones (excluding diaryl/α,β-unsaturated/α-hetero) is 1. The zero-order chi connectivity index (χ0) is 19.1. The zero-order valence-electron chi connectivity index (χ0n) is 16.0. The van der Waals surface area contributed by atoms with Gasteiger partial charge in [-0.3, -0.25) is 4.79 Å². The van der Waals surface area contributed by atoms with Gasteiger partial charge in [-0.05, 0) is 62.9 Å². The van der Waals surface area contributed by atoms with Crippen LogP contribution < -0.4 is 4.74 Å². The Labute approximate surface area is 161 Å². The summed E-state index contributed by atoms with van der Waals surface area (Å²) in [7, 11) is 0. The highest BCUT2D eigenvalue weighted by atomic mass is 16.5. The largest absolute Gasteiger partial charge is 0.490 e. The predicted molar refractivity (Wildman–Crippen MR) is 107 cm³/mol. The normalized spacial score (nSPS) is 16.8. The van der Waals surface area contributed by atoms with Crippen molar-refractivity contribution in [1.82, 2.24) is 4.90 Å². The Morgan fingerprint density at radius 2 is 1.78 bits per heavy atom. The SMILES string of the molecule is CC(=O)c1ccccc1OC[C@@H](O)CN1CCC(Cc2ccccc2)CC1. The van der Waals surface area contributed by atoms with Crippen LogP contribution in [0, 0.1) is 5.92 Å². The lowest BCUT2D eigenvalue weighted by Crippen LogP contribution is -2.41. The Bertz CT molecular complexity index is 723. The highest BCUT2D eigenvalue weighted by Gasteiger charge is 2.21. The highest BCUT2D eigenvalue weighted by molar-refractivity contribution is 5.96.